The molecule has 0 aromatic heterocycles. The fourth-order valence-electron chi connectivity index (χ4n) is 1.98. The van der Waals surface area contributed by atoms with Gasteiger partial charge in [0.2, 0.25) is 0 Å². The van der Waals surface area contributed by atoms with Crippen LogP contribution in [-0.4, -0.2) is 32.9 Å². The SMILES string of the molecule is COc1cccc(CNS(=O)(=O)N2CCCC2)c1. The van der Waals surface area contributed by atoms with Crippen LogP contribution in [0, 0.1) is 0 Å². The second kappa shape index (κ2) is 5.69. The van der Waals surface area contributed by atoms with Crippen molar-refractivity contribution in [3.8, 4) is 5.75 Å². The summed E-state index contributed by atoms with van der Waals surface area (Å²) < 4.78 is 33.1. The number of hydrogen-bond acceptors (Lipinski definition) is 3. The van der Waals surface area contributed by atoms with Gasteiger partial charge in [-0.1, -0.05) is 12.1 Å². The molecule has 0 radical (unpaired) electrons. The van der Waals surface area contributed by atoms with Crippen LogP contribution in [0.1, 0.15) is 18.4 Å². The standard InChI is InChI=1S/C12H18N2O3S/c1-17-12-6-4-5-11(9-12)10-13-18(15,16)14-7-2-3-8-14/h4-6,9,13H,2-3,7-8,10H2,1H3. The van der Waals surface area contributed by atoms with E-state index in [1.165, 1.54) is 4.31 Å². The van der Waals surface area contributed by atoms with Crippen molar-refractivity contribution in [3.63, 3.8) is 0 Å². The Morgan fingerprint density at radius 2 is 2.06 bits per heavy atom. The molecule has 18 heavy (non-hydrogen) atoms. The molecule has 1 aromatic carbocycles. The van der Waals surface area contributed by atoms with Gasteiger partial charge in [0.25, 0.3) is 10.2 Å². The van der Waals surface area contributed by atoms with Gasteiger partial charge in [0.15, 0.2) is 0 Å². The summed E-state index contributed by atoms with van der Waals surface area (Å²) >= 11 is 0. The lowest BCUT2D eigenvalue weighted by Crippen LogP contribution is -2.38. The first kappa shape index (κ1) is 13.3. The maximum absolute atomic E-state index is 11.9. The van der Waals surface area contributed by atoms with Crippen LogP contribution >= 0.6 is 0 Å². The minimum absolute atomic E-state index is 0.288. The molecule has 0 amide bonds. The molecule has 1 aliphatic rings. The van der Waals surface area contributed by atoms with Crippen molar-refractivity contribution in [2.24, 2.45) is 0 Å². The Kier molecular flexibility index (Phi) is 4.21. The average Bonchev–Trinajstić information content (AvgIpc) is 2.91. The van der Waals surface area contributed by atoms with Gasteiger partial charge in [-0.25, -0.2) is 0 Å². The Morgan fingerprint density at radius 1 is 1.33 bits per heavy atom. The van der Waals surface area contributed by atoms with Crippen LogP contribution in [0.4, 0.5) is 0 Å². The van der Waals surface area contributed by atoms with Crippen LogP contribution in [0.5, 0.6) is 5.75 Å². The summed E-state index contributed by atoms with van der Waals surface area (Å²) in [5.41, 5.74) is 0.886. The Labute approximate surface area is 108 Å². The first-order valence-corrected chi connectivity index (χ1v) is 7.43. The van der Waals surface area contributed by atoms with Crippen LogP contribution in [0.15, 0.2) is 24.3 Å². The van der Waals surface area contributed by atoms with Crippen LogP contribution in [0.2, 0.25) is 0 Å². The molecule has 1 fully saturated rings. The molecule has 1 aromatic rings. The lowest BCUT2D eigenvalue weighted by molar-refractivity contribution is 0.414. The second-order valence-electron chi connectivity index (χ2n) is 4.28. The lowest BCUT2D eigenvalue weighted by Gasteiger charge is -2.16. The molecule has 1 heterocycles. The first-order valence-electron chi connectivity index (χ1n) is 5.99. The number of rotatable bonds is 5. The molecule has 0 bridgehead atoms. The van der Waals surface area contributed by atoms with Gasteiger partial charge < -0.3 is 4.74 Å². The number of methoxy groups -OCH3 is 1. The molecule has 1 saturated heterocycles. The van der Waals surface area contributed by atoms with E-state index in [-0.39, 0.29) is 6.54 Å². The zero-order valence-corrected chi connectivity index (χ0v) is 11.2. The van der Waals surface area contributed by atoms with Crippen LogP contribution in [0.3, 0.4) is 0 Å². The van der Waals surface area contributed by atoms with Gasteiger partial charge in [-0.2, -0.15) is 17.4 Å². The van der Waals surface area contributed by atoms with Crippen molar-refractivity contribution in [3.05, 3.63) is 29.8 Å². The molecule has 5 nitrogen and oxygen atoms in total. The molecule has 0 atom stereocenters. The number of benzene rings is 1. The summed E-state index contributed by atoms with van der Waals surface area (Å²) in [7, 11) is -1.74. The molecule has 100 valence electrons. The Bertz CT molecular complexity index is 496. The number of nitrogens with zero attached hydrogens (tertiary/aromatic N) is 1. The highest BCUT2D eigenvalue weighted by Gasteiger charge is 2.24. The average molecular weight is 270 g/mol. The molecule has 0 saturated carbocycles. The Hall–Kier alpha value is -1.11. The molecule has 0 aliphatic carbocycles. The quantitative estimate of drug-likeness (QED) is 0.872. The fraction of sp³-hybridized carbons (Fsp3) is 0.500. The van der Waals surface area contributed by atoms with Crippen molar-refractivity contribution in [1.82, 2.24) is 9.03 Å². The largest absolute Gasteiger partial charge is 0.497 e. The van der Waals surface area contributed by atoms with E-state index in [0.717, 1.165) is 24.2 Å². The number of hydrogen-bond donors (Lipinski definition) is 1. The monoisotopic (exact) mass is 270 g/mol. The third-order valence-corrected chi connectivity index (χ3v) is 4.55. The molecule has 2 rings (SSSR count). The molecule has 0 spiro atoms. The number of nitrogens with one attached hydrogen (secondary N) is 1. The maximum Gasteiger partial charge on any atom is 0.279 e. The van der Waals surface area contributed by atoms with Gasteiger partial charge in [0, 0.05) is 19.6 Å². The molecular weight excluding hydrogens is 252 g/mol. The Balaban J connectivity index is 1.97. The zero-order valence-electron chi connectivity index (χ0n) is 10.4. The van der Waals surface area contributed by atoms with Crippen LogP contribution in [0.25, 0.3) is 0 Å². The van der Waals surface area contributed by atoms with Gasteiger partial charge in [0.1, 0.15) is 5.75 Å². The summed E-state index contributed by atoms with van der Waals surface area (Å²) in [6, 6.07) is 7.37. The van der Waals surface area contributed by atoms with Gasteiger partial charge in [-0.05, 0) is 30.5 Å². The van der Waals surface area contributed by atoms with Gasteiger partial charge >= 0.3 is 0 Å². The van der Waals surface area contributed by atoms with Gasteiger partial charge in [0.05, 0.1) is 7.11 Å². The van der Waals surface area contributed by atoms with Gasteiger partial charge in [-0.3, -0.25) is 0 Å². The summed E-state index contributed by atoms with van der Waals surface area (Å²) in [6.45, 7) is 1.52. The van der Waals surface area contributed by atoms with Crippen LogP contribution < -0.4 is 9.46 Å². The molecule has 1 N–H and O–H groups in total. The third kappa shape index (κ3) is 3.22. The van der Waals surface area contributed by atoms with Crippen molar-refractivity contribution in [1.29, 1.82) is 0 Å². The van der Waals surface area contributed by atoms with Gasteiger partial charge in [-0.15, -0.1) is 0 Å². The smallest absolute Gasteiger partial charge is 0.279 e. The van der Waals surface area contributed by atoms with E-state index in [1.807, 2.05) is 24.3 Å². The van der Waals surface area contributed by atoms with E-state index in [2.05, 4.69) is 4.72 Å². The van der Waals surface area contributed by atoms with E-state index < -0.39 is 10.2 Å². The Morgan fingerprint density at radius 3 is 2.72 bits per heavy atom. The zero-order chi connectivity index (χ0) is 13.0. The van der Waals surface area contributed by atoms with E-state index in [1.54, 1.807) is 7.11 Å². The van der Waals surface area contributed by atoms with E-state index in [4.69, 9.17) is 4.74 Å². The van der Waals surface area contributed by atoms with E-state index >= 15 is 0 Å². The molecule has 6 heteroatoms. The lowest BCUT2D eigenvalue weighted by atomic mass is 10.2. The molecular formula is C12H18N2O3S. The highest BCUT2D eigenvalue weighted by Crippen LogP contribution is 2.14. The minimum atomic E-state index is -3.34. The van der Waals surface area contributed by atoms with E-state index in [0.29, 0.717) is 13.1 Å². The third-order valence-electron chi connectivity index (χ3n) is 3.00. The predicted octanol–water partition coefficient (Wildman–Crippen LogP) is 1.13. The summed E-state index contributed by atoms with van der Waals surface area (Å²) in [6.07, 6.45) is 1.89. The van der Waals surface area contributed by atoms with Crippen molar-refractivity contribution >= 4 is 10.2 Å². The minimum Gasteiger partial charge on any atom is -0.497 e. The highest BCUT2D eigenvalue weighted by atomic mass is 32.2. The second-order valence-corrected chi connectivity index (χ2v) is 6.04. The summed E-state index contributed by atoms with van der Waals surface area (Å²) in [5.74, 6) is 0.730. The van der Waals surface area contributed by atoms with E-state index in [9.17, 15) is 8.42 Å². The predicted molar refractivity (Wildman–Crippen MR) is 69.6 cm³/mol. The maximum atomic E-state index is 11.9. The molecule has 0 unspecified atom stereocenters. The van der Waals surface area contributed by atoms with Crippen molar-refractivity contribution < 1.29 is 13.2 Å². The fourth-order valence-corrected chi connectivity index (χ4v) is 3.25. The van der Waals surface area contributed by atoms with Crippen molar-refractivity contribution in [2.75, 3.05) is 20.2 Å². The molecule has 1 aliphatic heterocycles. The first-order chi connectivity index (χ1) is 8.62. The number of ether oxygens (including phenoxy) is 1. The van der Waals surface area contributed by atoms with Crippen LogP contribution in [-0.2, 0) is 16.8 Å². The summed E-state index contributed by atoms with van der Waals surface area (Å²) in [4.78, 5) is 0. The highest BCUT2D eigenvalue weighted by molar-refractivity contribution is 7.87. The topological polar surface area (TPSA) is 58.6 Å². The van der Waals surface area contributed by atoms with Crippen molar-refractivity contribution in [2.45, 2.75) is 19.4 Å². The summed E-state index contributed by atoms with van der Waals surface area (Å²) in [5, 5.41) is 0. The normalized spacial score (nSPS) is 16.9.